The molecule has 0 radical (unpaired) electrons. The predicted molar refractivity (Wildman–Crippen MR) is 38.9 cm³/mol. The third-order valence-electron chi connectivity index (χ3n) is 0.896. The number of nitrogens with two attached hydrogens (primary N) is 1. The summed E-state index contributed by atoms with van der Waals surface area (Å²) in [6, 6.07) is 0. The number of aliphatic hydroxyl groups excluding tert-OH is 2. The summed E-state index contributed by atoms with van der Waals surface area (Å²) in [5.41, 5.74) is 4.98. The lowest BCUT2D eigenvalue weighted by Gasteiger charge is -2.05. The van der Waals surface area contributed by atoms with E-state index in [-0.39, 0.29) is 13.2 Å². The van der Waals surface area contributed by atoms with Crippen LogP contribution in [0.5, 0.6) is 0 Å². The number of rotatable bonds is 7. The third-order valence-corrected chi connectivity index (χ3v) is 0.896. The highest BCUT2D eigenvalue weighted by atomic mass is 16.5. The molecule has 0 spiro atoms. The highest BCUT2D eigenvalue weighted by molar-refractivity contribution is 4.38. The number of hydrogen-bond donors (Lipinski definition) is 3. The summed E-state index contributed by atoms with van der Waals surface area (Å²) in [6.45, 7) is 1.23. The van der Waals surface area contributed by atoms with Crippen LogP contribution in [0.3, 0.4) is 0 Å². The average molecular weight is 165 g/mol. The Kier molecular flexibility index (Phi) is 7.76. The van der Waals surface area contributed by atoms with Crippen LogP contribution in [0.1, 0.15) is 0 Å². The molecule has 0 rings (SSSR count). The van der Waals surface area contributed by atoms with Gasteiger partial charge in [-0.1, -0.05) is 0 Å². The standard InChI is InChI=1S/C6H15NO4/c7-6(9)5-11-4-3-10-2-1-8/h6,8-9H,1-5,7H2. The van der Waals surface area contributed by atoms with E-state index in [1.807, 2.05) is 0 Å². The highest BCUT2D eigenvalue weighted by Crippen LogP contribution is 1.79. The summed E-state index contributed by atoms with van der Waals surface area (Å²) in [7, 11) is 0. The van der Waals surface area contributed by atoms with Crippen LogP contribution in [-0.4, -0.2) is 49.5 Å². The normalized spacial score (nSPS) is 13.4. The van der Waals surface area contributed by atoms with Gasteiger partial charge in [-0.05, 0) is 0 Å². The van der Waals surface area contributed by atoms with Gasteiger partial charge in [0.05, 0.1) is 33.0 Å². The van der Waals surface area contributed by atoms with Gasteiger partial charge in [0, 0.05) is 0 Å². The Morgan fingerprint density at radius 1 is 1.18 bits per heavy atom. The smallest absolute Gasteiger partial charge is 0.126 e. The zero-order valence-corrected chi connectivity index (χ0v) is 6.40. The van der Waals surface area contributed by atoms with E-state index < -0.39 is 6.23 Å². The molecule has 11 heavy (non-hydrogen) atoms. The molecule has 4 N–H and O–H groups in total. The van der Waals surface area contributed by atoms with Gasteiger partial charge in [0.1, 0.15) is 6.23 Å². The summed E-state index contributed by atoms with van der Waals surface area (Å²) in [4.78, 5) is 0. The molecular formula is C6H15NO4. The van der Waals surface area contributed by atoms with Crippen molar-refractivity contribution < 1.29 is 19.7 Å². The molecule has 0 saturated heterocycles. The molecule has 0 aliphatic rings. The Bertz CT molecular complexity index is 79.0. The van der Waals surface area contributed by atoms with Gasteiger partial charge in [-0.15, -0.1) is 0 Å². The van der Waals surface area contributed by atoms with Crippen LogP contribution in [0, 0.1) is 0 Å². The fourth-order valence-corrected chi connectivity index (χ4v) is 0.489. The van der Waals surface area contributed by atoms with Gasteiger partial charge >= 0.3 is 0 Å². The topological polar surface area (TPSA) is 84.9 Å². The Balaban J connectivity index is 2.80. The van der Waals surface area contributed by atoms with Crippen molar-refractivity contribution in [3.05, 3.63) is 0 Å². The molecule has 5 heteroatoms. The summed E-state index contributed by atoms with van der Waals surface area (Å²) < 4.78 is 9.73. The van der Waals surface area contributed by atoms with Gasteiger partial charge in [-0.2, -0.15) is 0 Å². The summed E-state index contributed by atoms with van der Waals surface area (Å²) in [5, 5.41) is 16.8. The molecule has 0 aromatic rings. The van der Waals surface area contributed by atoms with Crippen LogP contribution >= 0.6 is 0 Å². The van der Waals surface area contributed by atoms with Crippen molar-refractivity contribution in [2.75, 3.05) is 33.0 Å². The molecule has 5 nitrogen and oxygen atoms in total. The lowest BCUT2D eigenvalue weighted by atomic mass is 10.6. The first-order valence-corrected chi connectivity index (χ1v) is 3.47. The van der Waals surface area contributed by atoms with E-state index in [0.717, 1.165) is 0 Å². The number of hydrogen-bond acceptors (Lipinski definition) is 5. The number of aliphatic hydroxyl groups is 2. The predicted octanol–water partition coefficient (Wildman–Crippen LogP) is -1.71. The third kappa shape index (κ3) is 9.80. The van der Waals surface area contributed by atoms with Crippen molar-refractivity contribution in [1.82, 2.24) is 0 Å². The SMILES string of the molecule is NC(O)COCCOCCO. The molecule has 1 unspecified atom stereocenters. The molecule has 0 heterocycles. The molecule has 68 valence electrons. The van der Waals surface area contributed by atoms with Crippen LogP contribution in [0.15, 0.2) is 0 Å². The maximum absolute atomic E-state index is 8.53. The quantitative estimate of drug-likeness (QED) is 0.309. The molecule has 0 aromatic carbocycles. The molecule has 1 atom stereocenters. The van der Waals surface area contributed by atoms with E-state index in [1.54, 1.807) is 0 Å². The van der Waals surface area contributed by atoms with E-state index in [2.05, 4.69) is 0 Å². The van der Waals surface area contributed by atoms with Gasteiger partial charge < -0.3 is 25.4 Å². The molecule has 0 amide bonds. The van der Waals surface area contributed by atoms with E-state index in [9.17, 15) is 0 Å². The summed E-state index contributed by atoms with van der Waals surface area (Å²) in [6.07, 6.45) is -0.923. The van der Waals surface area contributed by atoms with Gasteiger partial charge in [-0.3, -0.25) is 0 Å². The van der Waals surface area contributed by atoms with E-state index in [1.165, 1.54) is 0 Å². The van der Waals surface area contributed by atoms with Gasteiger partial charge in [0.2, 0.25) is 0 Å². The Hall–Kier alpha value is -0.200. The van der Waals surface area contributed by atoms with Crippen LogP contribution in [0.25, 0.3) is 0 Å². The van der Waals surface area contributed by atoms with Crippen molar-refractivity contribution in [1.29, 1.82) is 0 Å². The first kappa shape index (κ1) is 10.8. The Morgan fingerprint density at radius 2 is 1.82 bits per heavy atom. The second-order valence-electron chi connectivity index (χ2n) is 1.98. The maximum atomic E-state index is 8.53. The fourth-order valence-electron chi connectivity index (χ4n) is 0.489. The largest absolute Gasteiger partial charge is 0.394 e. The van der Waals surface area contributed by atoms with Crippen LogP contribution in [0.4, 0.5) is 0 Å². The van der Waals surface area contributed by atoms with E-state index >= 15 is 0 Å². The molecule has 0 bridgehead atoms. The zero-order chi connectivity index (χ0) is 8.53. The maximum Gasteiger partial charge on any atom is 0.126 e. The highest BCUT2D eigenvalue weighted by Gasteiger charge is 1.94. The van der Waals surface area contributed by atoms with Crippen molar-refractivity contribution in [3.8, 4) is 0 Å². The van der Waals surface area contributed by atoms with Gasteiger partial charge in [0.25, 0.3) is 0 Å². The van der Waals surface area contributed by atoms with Crippen molar-refractivity contribution in [3.63, 3.8) is 0 Å². The summed E-state index contributed by atoms with van der Waals surface area (Å²) >= 11 is 0. The monoisotopic (exact) mass is 165 g/mol. The van der Waals surface area contributed by atoms with Crippen LogP contribution in [0.2, 0.25) is 0 Å². The molecule has 0 aliphatic carbocycles. The molecule has 0 saturated carbocycles. The molecule has 0 fully saturated rings. The number of ether oxygens (including phenoxy) is 2. The lowest BCUT2D eigenvalue weighted by Crippen LogP contribution is -2.26. The minimum absolute atomic E-state index is 0.0134. The van der Waals surface area contributed by atoms with Crippen molar-refractivity contribution >= 4 is 0 Å². The first-order chi connectivity index (χ1) is 5.27. The molecule has 0 aliphatic heterocycles. The second-order valence-corrected chi connectivity index (χ2v) is 1.98. The molecular weight excluding hydrogens is 150 g/mol. The molecule has 0 aromatic heterocycles. The lowest BCUT2D eigenvalue weighted by molar-refractivity contribution is -0.000146. The van der Waals surface area contributed by atoms with Gasteiger partial charge in [-0.25, -0.2) is 0 Å². The Morgan fingerprint density at radius 3 is 2.36 bits per heavy atom. The zero-order valence-electron chi connectivity index (χ0n) is 6.40. The average Bonchev–Trinajstić information content (AvgIpc) is 1.96. The van der Waals surface area contributed by atoms with Gasteiger partial charge in [0.15, 0.2) is 0 Å². The van der Waals surface area contributed by atoms with E-state index in [0.29, 0.717) is 19.8 Å². The van der Waals surface area contributed by atoms with Crippen LogP contribution in [-0.2, 0) is 9.47 Å². The minimum Gasteiger partial charge on any atom is -0.394 e. The fraction of sp³-hybridized carbons (Fsp3) is 1.00. The first-order valence-electron chi connectivity index (χ1n) is 3.47. The summed E-state index contributed by atoms with van der Waals surface area (Å²) in [5.74, 6) is 0. The van der Waals surface area contributed by atoms with Crippen molar-refractivity contribution in [2.45, 2.75) is 6.23 Å². The Labute approximate surface area is 65.7 Å². The second kappa shape index (κ2) is 7.90. The van der Waals surface area contributed by atoms with Crippen LogP contribution < -0.4 is 5.73 Å². The van der Waals surface area contributed by atoms with E-state index in [4.69, 9.17) is 25.4 Å². The van der Waals surface area contributed by atoms with Crippen molar-refractivity contribution in [2.24, 2.45) is 5.73 Å². The minimum atomic E-state index is -0.923.